The van der Waals surface area contributed by atoms with Gasteiger partial charge >= 0.3 is 11.9 Å². The van der Waals surface area contributed by atoms with Gasteiger partial charge in [-0.3, -0.25) is 14.1 Å². The molecule has 131 valence electrons. The van der Waals surface area contributed by atoms with Gasteiger partial charge in [-0.2, -0.15) is 8.42 Å². The smallest absolute Gasteiger partial charge is 0.327 e. The van der Waals surface area contributed by atoms with Crippen LogP contribution in [-0.2, 0) is 29.2 Å². The Kier molecular flexibility index (Phi) is 15.5. The van der Waals surface area contributed by atoms with E-state index in [9.17, 15) is 18.0 Å². The minimum absolute atomic E-state index is 0. The molecule has 23 heavy (non-hydrogen) atoms. The number of carbonyl (C=O) groups excluding carboxylic acids is 2. The number of hydrogen-bond donors (Lipinski definition) is 1. The van der Waals surface area contributed by atoms with Crippen LogP contribution < -0.4 is 0 Å². The van der Waals surface area contributed by atoms with Gasteiger partial charge in [-0.15, -0.1) is 0 Å². The van der Waals surface area contributed by atoms with E-state index >= 15 is 0 Å². The van der Waals surface area contributed by atoms with Gasteiger partial charge in [0.1, 0.15) is 0 Å². The van der Waals surface area contributed by atoms with Crippen molar-refractivity contribution in [1.82, 2.24) is 0 Å². The molecule has 0 amide bonds. The van der Waals surface area contributed by atoms with Crippen molar-refractivity contribution < 1.29 is 32.0 Å². The van der Waals surface area contributed by atoms with E-state index in [1.807, 2.05) is 13.8 Å². The van der Waals surface area contributed by atoms with Crippen molar-refractivity contribution in [3.63, 3.8) is 0 Å². The molecule has 0 saturated carbocycles. The molecule has 0 aromatic rings. The third kappa shape index (κ3) is 12.9. The van der Waals surface area contributed by atoms with Gasteiger partial charge in [-0.05, 0) is 12.8 Å². The molecule has 0 aromatic heterocycles. The van der Waals surface area contributed by atoms with Crippen LogP contribution in [-0.4, -0.2) is 72.9 Å². The molecule has 0 heterocycles. The van der Waals surface area contributed by atoms with E-state index in [4.69, 9.17) is 14.0 Å². The summed E-state index contributed by atoms with van der Waals surface area (Å²) >= 11 is 0. The third-order valence-electron chi connectivity index (χ3n) is 2.98. The molecule has 0 rings (SSSR count). The second-order valence-corrected chi connectivity index (χ2v) is 6.61. The van der Waals surface area contributed by atoms with Gasteiger partial charge in [0.15, 0.2) is 5.25 Å². The average molecular weight is 361 g/mol. The number of rotatable bonds is 12. The molecule has 0 spiro atoms. The van der Waals surface area contributed by atoms with E-state index in [2.05, 4.69) is 0 Å². The van der Waals surface area contributed by atoms with Gasteiger partial charge < -0.3 is 9.47 Å². The van der Waals surface area contributed by atoms with Crippen molar-refractivity contribution in [1.29, 1.82) is 0 Å². The molecule has 0 aromatic carbocycles. The van der Waals surface area contributed by atoms with Crippen LogP contribution in [0.15, 0.2) is 0 Å². The van der Waals surface area contributed by atoms with Crippen molar-refractivity contribution >= 4 is 51.6 Å². The quantitative estimate of drug-likeness (QED) is 0.244. The van der Waals surface area contributed by atoms with E-state index in [0.29, 0.717) is 12.8 Å². The fourth-order valence-corrected chi connectivity index (χ4v) is 2.33. The maximum Gasteiger partial charge on any atom is 0.327 e. The Hall–Kier alpha value is -0.150. The Labute approximate surface area is 160 Å². The molecule has 1 unspecified atom stereocenters. The number of ether oxygens (including phenoxy) is 2. The zero-order valence-corrected chi connectivity index (χ0v) is 17.1. The van der Waals surface area contributed by atoms with Crippen LogP contribution in [0.2, 0.25) is 0 Å². The zero-order valence-electron chi connectivity index (χ0n) is 14.2. The molecule has 7 nitrogen and oxygen atoms in total. The first-order valence-corrected chi connectivity index (χ1v) is 9.11. The molecule has 0 fully saturated rings. The van der Waals surface area contributed by atoms with Crippen molar-refractivity contribution in [2.24, 2.45) is 0 Å². The molecule has 0 bridgehead atoms. The average Bonchev–Trinajstić information content (AvgIpc) is 2.44. The molecule has 1 atom stereocenters. The summed E-state index contributed by atoms with van der Waals surface area (Å²) in [6, 6.07) is 0. The Morgan fingerprint density at radius 3 is 1.87 bits per heavy atom. The Morgan fingerprint density at radius 2 is 1.43 bits per heavy atom. The molecule has 0 aliphatic heterocycles. The second-order valence-electron chi connectivity index (χ2n) is 5.01. The summed E-state index contributed by atoms with van der Waals surface area (Å²) in [5.41, 5.74) is 0. The molecular weight excluding hydrogens is 335 g/mol. The van der Waals surface area contributed by atoms with Crippen molar-refractivity contribution in [3.05, 3.63) is 0 Å². The second kappa shape index (κ2) is 14.2. The molecule has 0 saturated heterocycles. The SMILES string of the molecule is CCCCCOC(=O)CC(C(=O)OCCCCC)S(=O)(=O)O.[Na]. The number of unbranched alkanes of at least 4 members (excludes halogenated alkanes) is 4. The van der Waals surface area contributed by atoms with Gasteiger partial charge in [0.05, 0.1) is 19.6 Å². The van der Waals surface area contributed by atoms with Crippen molar-refractivity contribution in [3.8, 4) is 0 Å². The Bertz CT molecular complexity index is 436. The van der Waals surface area contributed by atoms with Crippen LogP contribution in [0.25, 0.3) is 0 Å². The molecule has 1 radical (unpaired) electrons. The van der Waals surface area contributed by atoms with Crippen LogP contribution in [0.4, 0.5) is 0 Å². The molecule has 1 N–H and O–H groups in total. The maximum absolute atomic E-state index is 11.7. The van der Waals surface area contributed by atoms with E-state index in [-0.39, 0.29) is 42.8 Å². The summed E-state index contributed by atoms with van der Waals surface area (Å²) in [6.07, 6.45) is 4.12. The zero-order chi connectivity index (χ0) is 17.0. The monoisotopic (exact) mass is 361 g/mol. The summed E-state index contributed by atoms with van der Waals surface area (Å²) in [5, 5.41) is -1.92. The molecular formula is C14H26NaO7S. The summed E-state index contributed by atoms with van der Waals surface area (Å²) in [5.74, 6) is -1.96. The van der Waals surface area contributed by atoms with Crippen LogP contribution in [0.3, 0.4) is 0 Å². The van der Waals surface area contributed by atoms with Gasteiger partial charge in [0.2, 0.25) is 0 Å². The summed E-state index contributed by atoms with van der Waals surface area (Å²) < 4.78 is 41.1. The Balaban J connectivity index is 0. The Morgan fingerprint density at radius 1 is 0.957 bits per heavy atom. The van der Waals surface area contributed by atoms with Gasteiger partial charge in [0.25, 0.3) is 10.1 Å². The van der Waals surface area contributed by atoms with E-state index < -0.39 is 33.7 Å². The summed E-state index contributed by atoms with van der Waals surface area (Å²) in [7, 11) is -4.71. The van der Waals surface area contributed by atoms with Crippen molar-refractivity contribution in [2.45, 2.75) is 64.0 Å². The van der Waals surface area contributed by atoms with Gasteiger partial charge in [-0.1, -0.05) is 39.5 Å². The first-order valence-electron chi connectivity index (χ1n) is 7.61. The molecule has 0 aliphatic carbocycles. The van der Waals surface area contributed by atoms with E-state index in [1.54, 1.807) is 0 Å². The number of hydrogen-bond acceptors (Lipinski definition) is 6. The first-order chi connectivity index (χ1) is 10.3. The fourth-order valence-electron chi connectivity index (χ4n) is 1.68. The minimum Gasteiger partial charge on any atom is -0.466 e. The predicted octanol–water partition coefficient (Wildman–Crippen LogP) is 1.72. The molecule has 0 aliphatic rings. The van der Waals surface area contributed by atoms with Crippen molar-refractivity contribution in [2.75, 3.05) is 13.2 Å². The van der Waals surface area contributed by atoms with Crippen LogP contribution in [0.1, 0.15) is 58.8 Å². The normalized spacial score (nSPS) is 12.1. The van der Waals surface area contributed by atoms with Crippen LogP contribution in [0.5, 0.6) is 0 Å². The predicted molar refractivity (Wildman–Crippen MR) is 86.7 cm³/mol. The topological polar surface area (TPSA) is 107 Å². The van der Waals surface area contributed by atoms with Gasteiger partial charge in [0, 0.05) is 29.6 Å². The van der Waals surface area contributed by atoms with Crippen LogP contribution in [0, 0.1) is 0 Å². The van der Waals surface area contributed by atoms with E-state index in [1.165, 1.54) is 0 Å². The largest absolute Gasteiger partial charge is 0.466 e. The minimum atomic E-state index is -4.71. The maximum atomic E-state index is 11.7. The van der Waals surface area contributed by atoms with Gasteiger partial charge in [-0.25, -0.2) is 0 Å². The number of esters is 2. The summed E-state index contributed by atoms with van der Waals surface area (Å²) in [6.45, 7) is 4.18. The van der Waals surface area contributed by atoms with E-state index in [0.717, 1.165) is 25.7 Å². The van der Waals surface area contributed by atoms with Crippen LogP contribution >= 0.6 is 0 Å². The summed E-state index contributed by atoms with van der Waals surface area (Å²) in [4.78, 5) is 23.2. The standard InChI is InChI=1S/C14H26O7S.Na/c1-3-5-7-9-20-13(15)11-12(22(17,18)19)14(16)21-10-8-6-4-2;/h12H,3-11H2,1-2H3,(H,17,18,19);. The molecule has 9 heteroatoms. The first kappa shape index (κ1) is 25.1. The fraction of sp³-hybridized carbons (Fsp3) is 0.857. The number of carbonyl (C=O) groups is 2. The third-order valence-corrected chi connectivity index (χ3v) is 4.06.